The van der Waals surface area contributed by atoms with E-state index in [1.165, 1.54) is 12.1 Å². The molecule has 1 rings (SSSR count). The predicted octanol–water partition coefficient (Wildman–Crippen LogP) is 3.65. The molecule has 0 saturated carbocycles. The van der Waals surface area contributed by atoms with Crippen LogP contribution < -0.4 is 10.5 Å². The summed E-state index contributed by atoms with van der Waals surface area (Å²) in [5, 5.41) is 0. The normalized spacial score (nSPS) is 13.4. The second-order valence-corrected chi connectivity index (χ2v) is 4.24. The molecule has 102 valence electrons. The van der Waals surface area contributed by atoms with Gasteiger partial charge in [-0.05, 0) is 30.9 Å². The SMILES string of the molecule is CCCC(N)CCc1ccccc1OC(F)(F)F. The lowest BCUT2D eigenvalue weighted by atomic mass is 10.0. The topological polar surface area (TPSA) is 35.2 Å². The summed E-state index contributed by atoms with van der Waals surface area (Å²) in [7, 11) is 0. The Balaban J connectivity index is 2.65. The number of benzene rings is 1. The highest BCUT2D eigenvalue weighted by molar-refractivity contribution is 5.33. The minimum atomic E-state index is -4.65. The summed E-state index contributed by atoms with van der Waals surface area (Å²) in [5.41, 5.74) is 6.39. The predicted molar refractivity (Wildman–Crippen MR) is 64.3 cm³/mol. The molecule has 0 bridgehead atoms. The smallest absolute Gasteiger partial charge is 0.406 e. The molecular weight excluding hydrogens is 243 g/mol. The lowest BCUT2D eigenvalue weighted by Crippen LogP contribution is -2.21. The summed E-state index contributed by atoms with van der Waals surface area (Å²) in [6, 6.07) is 6.21. The molecular formula is C13H18F3NO. The van der Waals surface area contributed by atoms with Gasteiger partial charge in [0.15, 0.2) is 0 Å². The van der Waals surface area contributed by atoms with Crippen LogP contribution in [-0.4, -0.2) is 12.4 Å². The summed E-state index contributed by atoms with van der Waals surface area (Å²) < 4.78 is 40.6. The monoisotopic (exact) mass is 261 g/mol. The van der Waals surface area contributed by atoms with Gasteiger partial charge in [-0.3, -0.25) is 0 Å². The highest BCUT2D eigenvalue weighted by atomic mass is 19.4. The number of ether oxygens (including phenoxy) is 1. The maximum atomic E-state index is 12.2. The Morgan fingerprint density at radius 2 is 1.89 bits per heavy atom. The Bertz CT molecular complexity index is 365. The van der Waals surface area contributed by atoms with Crippen molar-refractivity contribution in [1.29, 1.82) is 0 Å². The molecule has 0 saturated heterocycles. The minimum absolute atomic E-state index is 0.0222. The van der Waals surface area contributed by atoms with Crippen LogP contribution in [0.2, 0.25) is 0 Å². The van der Waals surface area contributed by atoms with E-state index >= 15 is 0 Å². The number of rotatable bonds is 6. The molecule has 1 unspecified atom stereocenters. The molecule has 0 amide bonds. The number of hydrogen-bond acceptors (Lipinski definition) is 2. The fraction of sp³-hybridized carbons (Fsp3) is 0.538. The standard InChI is InChI=1S/C13H18F3NO/c1-2-5-11(17)9-8-10-6-3-4-7-12(10)18-13(14,15)16/h3-4,6-7,11H,2,5,8-9,17H2,1H3. The average molecular weight is 261 g/mol. The van der Waals surface area contributed by atoms with E-state index in [0.29, 0.717) is 18.4 Å². The van der Waals surface area contributed by atoms with E-state index in [2.05, 4.69) is 4.74 Å². The van der Waals surface area contributed by atoms with Crippen LogP contribution in [0.25, 0.3) is 0 Å². The number of nitrogens with two attached hydrogens (primary N) is 1. The zero-order chi connectivity index (χ0) is 13.6. The molecule has 1 aromatic carbocycles. The van der Waals surface area contributed by atoms with Crippen LogP contribution in [0.15, 0.2) is 24.3 Å². The second-order valence-electron chi connectivity index (χ2n) is 4.24. The van der Waals surface area contributed by atoms with Gasteiger partial charge in [-0.2, -0.15) is 0 Å². The first-order chi connectivity index (χ1) is 8.42. The highest BCUT2D eigenvalue weighted by Crippen LogP contribution is 2.27. The number of aryl methyl sites for hydroxylation is 1. The van der Waals surface area contributed by atoms with Gasteiger partial charge in [-0.15, -0.1) is 13.2 Å². The summed E-state index contributed by atoms with van der Waals surface area (Å²) >= 11 is 0. The van der Waals surface area contributed by atoms with Crippen LogP contribution in [-0.2, 0) is 6.42 Å². The lowest BCUT2D eigenvalue weighted by Gasteiger charge is -2.14. The molecule has 1 atom stereocenters. The van der Waals surface area contributed by atoms with E-state index in [0.717, 1.165) is 12.8 Å². The van der Waals surface area contributed by atoms with Crippen molar-refractivity contribution in [2.75, 3.05) is 0 Å². The summed E-state index contributed by atoms with van der Waals surface area (Å²) in [4.78, 5) is 0. The van der Waals surface area contributed by atoms with Crippen LogP contribution in [0.4, 0.5) is 13.2 Å². The van der Waals surface area contributed by atoms with E-state index in [1.807, 2.05) is 6.92 Å². The molecule has 0 radical (unpaired) electrons. The highest BCUT2D eigenvalue weighted by Gasteiger charge is 2.31. The zero-order valence-corrected chi connectivity index (χ0v) is 10.3. The molecule has 0 aromatic heterocycles. The summed E-state index contributed by atoms with van der Waals surface area (Å²) in [6.07, 6.45) is -1.65. The van der Waals surface area contributed by atoms with E-state index in [1.54, 1.807) is 12.1 Å². The van der Waals surface area contributed by atoms with Gasteiger partial charge >= 0.3 is 6.36 Å². The number of halogens is 3. The maximum absolute atomic E-state index is 12.2. The Morgan fingerprint density at radius 3 is 2.50 bits per heavy atom. The van der Waals surface area contributed by atoms with Crippen LogP contribution in [0.3, 0.4) is 0 Å². The Labute approximate surface area is 105 Å². The van der Waals surface area contributed by atoms with Crippen LogP contribution in [0, 0.1) is 0 Å². The van der Waals surface area contributed by atoms with Gasteiger partial charge in [0.1, 0.15) is 5.75 Å². The molecule has 2 nitrogen and oxygen atoms in total. The van der Waals surface area contributed by atoms with Crippen LogP contribution in [0.1, 0.15) is 31.7 Å². The quantitative estimate of drug-likeness (QED) is 0.848. The third-order valence-electron chi connectivity index (χ3n) is 2.64. The first-order valence-corrected chi connectivity index (χ1v) is 6.01. The van der Waals surface area contributed by atoms with E-state index in [9.17, 15) is 13.2 Å². The van der Waals surface area contributed by atoms with Crippen molar-refractivity contribution in [3.8, 4) is 5.75 Å². The van der Waals surface area contributed by atoms with Crippen molar-refractivity contribution in [2.24, 2.45) is 5.73 Å². The largest absolute Gasteiger partial charge is 0.573 e. The maximum Gasteiger partial charge on any atom is 0.573 e. The minimum Gasteiger partial charge on any atom is -0.406 e. The van der Waals surface area contributed by atoms with E-state index in [-0.39, 0.29) is 11.8 Å². The Kier molecular flexibility index (Phi) is 5.47. The van der Waals surface area contributed by atoms with Crippen molar-refractivity contribution in [2.45, 2.75) is 45.0 Å². The molecule has 2 N–H and O–H groups in total. The van der Waals surface area contributed by atoms with Crippen molar-refractivity contribution in [3.63, 3.8) is 0 Å². The molecule has 18 heavy (non-hydrogen) atoms. The molecule has 1 aromatic rings. The molecule has 5 heteroatoms. The van der Waals surface area contributed by atoms with Gasteiger partial charge in [0.2, 0.25) is 0 Å². The van der Waals surface area contributed by atoms with Gasteiger partial charge in [0, 0.05) is 6.04 Å². The van der Waals surface area contributed by atoms with Crippen LogP contribution in [0.5, 0.6) is 5.75 Å². The first kappa shape index (κ1) is 14.8. The van der Waals surface area contributed by atoms with Crippen molar-refractivity contribution < 1.29 is 17.9 Å². The second kappa shape index (κ2) is 6.64. The van der Waals surface area contributed by atoms with Crippen molar-refractivity contribution in [1.82, 2.24) is 0 Å². The number of hydrogen-bond donors (Lipinski definition) is 1. The van der Waals surface area contributed by atoms with Crippen LogP contribution >= 0.6 is 0 Å². The molecule has 0 aliphatic carbocycles. The first-order valence-electron chi connectivity index (χ1n) is 6.01. The number of alkyl halides is 3. The van der Waals surface area contributed by atoms with Gasteiger partial charge in [-0.1, -0.05) is 31.5 Å². The lowest BCUT2D eigenvalue weighted by molar-refractivity contribution is -0.274. The van der Waals surface area contributed by atoms with Gasteiger partial charge in [0.05, 0.1) is 0 Å². The van der Waals surface area contributed by atoms with Gasteiger partial charge in [0.25, 0.3) is 0 Å². The molecule has 0 fully saturated rings. The fourth-order valence-corrected chi connectivity index (χ4v) is 1.79. The molecule has 0 aliphatic heterocycles. The molecule has 0 heterocycles. The fourth-order valence-electron chi connectivity index (χ4n) is 1.79. The Hall–Kier alpha value is -1.23. The van der Waals surface area contributed by atoms with Crippen molar-refractivity contribution >= 4 is 0 Å². The zero-order valence-electron chi connectivity index (χ0n) is 10.3. The van der Waals surface area contributed by atoms with E-state index < -0.39 is 6.36 Å². The number of para-hydroxylation sites is 1. The molecule has 0 spiro atoms. The van der Waals surface area contributed by atoms with Crippen molar-refractivity contribution in [3.05, 3.63) is 29.8 Å². The third kappa shape index (κ3) is 5.40. The summed E-state index contributed by atoms with van der Waals surface area (Å²) in [5.74, 6) is -0.131. The summed E-state index contributed by atoms with van der Waals surface area (Å²) in [6.45, 7) is 2.03. The Morgan fingerprint density at radius 1 is 1.22 bits per heavy atom. The average Bonchev–Trinajstić information content (AvgIpc) is 2.26. The van der Waals surface area contributed by atoms with E-state index in [4.69, 9.17) is 5.73 Å². The van der Waals surface area contributed by atoms with Gasteiger partial charge < -0.3 is 10.5 Å². The van der Waals surface area contributed by atoms with Gasteiger partial charge in [-0.25, -0.2) is 0 Å². The molecule has 0 aliphatic rings. The third-order valence-corrected chi connectivity index (χ3v) is 2.64.